The van der Waals surface area contributed by atoms with Crippen molar-refractivity contribution in [3.8, 4) is 6.07 Å². The molecular formula is C30H27ClF3N5O3. The second-order valence-electron chi connectivity index (χ2n) is 9.89. The predicted octanol–water partition coefficient (Wildman–Crippen LogP) is 5.57. The molecule has 1 aromatic heterocycles. The van der Waals surface area contributed by atoms with E-state index in [1.807, 2.05) is 6.07 Å². The summed E-state index contributed by atoms with van der Waals surface area (Å²) in [5, 5.41) is 12.3. The molecule has 2 fully saturated rings. The molecule has 1 aliphatic heterocycles. The molecule has 1 N–H and O–H groups in total. The molecule has 1 saturated heterocycles. The Labute approximate surface area is 245 Å². The lowest BCUT2D eigenvalue weighted by Crippen LogP contribution is -2.56. The van der Waals surface area contributed by atoms with Crippen LogP contribution in [-0.4, -0.2) is 40.7 Å². The standard InChI is InChI=1S/C29H23ClF3N5O3.CH4/c30-22-9-2-1-8-21(22)25(27(40)36-19-14-29(32,33)15-19)37(20-7-3-6-18(31)13-20)28(41)23-10-11-24(39)38(23)26-17(16-34)5-4-12-35-26;/h1-9,12-13,19,23,25H,10-11,14-15H2,(H,36,40);1H4/t23-,25-;/m0./s1. The van der Waals surface area contributed by atoms with Crippen molar-refractivity contribution in [2.45, 2.75) is 57.2 Å². The fraction of sp³-hybridized carbons (Fsp3) is 0.300. The SMILES string of the molecule is C.N#Cc1cccnc1N1C(=O)CC[C@H]1C(=O)N(c1cccc(F)c1)[C@H](C(=O)NC1CC(F)(F)C1)c1ccccc1Cl. The van der Waals surface area contributed by atoms with Crippen LogP contribution in [0, 0.1) is 17.1 Å². The zero-order valence-electron chi connectivity index (χ0n) is 21.4. The number of anilines is 2. The highest BCUT2D eigenvalue weighted by Gasteiger charge is 2.48. The summed E-state index contributed by atoms with van der Waals surface area (Å²) in [6, 6.07) is 12.5. The van der Waals surface area contributed by atoms with E-state index in [9.17, 15) is 32.8 Å². The van der Waals surface area contributed by atoms with E-state index < -0.39 is 60.4 Å². The quantitative estimate of drug-likeness (QED) is 0.383. The average molecular weight is 598 g/mol. The number of aromatic nitrogens is 1. The lowest BCUT2D eigenvalue weighted by atomic mass is 9.87. The highest BCUT2D eigenvalue weighted by Crippen LogP contribution is 2.40. The van der Waals surface area contributed by atoms with E-state index in [0.717, 1.165) is 21.9 Å². The molecule has 0 radical (unpaired) electrons. The number of benzene rings is 2. The largest absolute Gasteiger partial charge is 0.351 e. The van der Waals surface area contributed by atoms with Crippen LogP contribution in [0.4, 0.5) is 24.7 Å². The number of pyridine rings is 1. The van der Waals surface area contributed by atoms with Crippen molar-refractivity contribution >= 4 is 40.8 Å². The van der Waals surface area contributed by atoms with Crippen molar-refractivity contribution in [1.82, 2.24) is 10.3 Å². The van der Waals surface area contributed by atoms with Crippen LogP contribution in [0.15, 0.2) is 66.9 Å². The summed E-state index contributed by atoms with van der Waals surface area (Å²) in [6.07, 6.45) is 0.223. The molecule has 2 aliphatic rings. The minimum atomic E-state index is -2.91. The molecule has 3 amide bonds. The topological polar surface area (TPSA) is 106 Å². The Morgan fingerprint density at radius 2 is 1.88 bits per heavy atom. The van der Waals surface area contributed by atoms with Gasteiger partial charge in [-0.3, -0.25) is 24.2 Å². The zero-order chi connectivity index (χ0) is 29.3. The number of nitriles is 1. The smallest absolute Gasteiger partial charge is 0.252 e. The molecule has 8 nitrogen and oxygen atoms in total. The summed E-state index contributed by atoms with van der Waals surface area (Å²) >= 11 is 6.48. The van der Waals surface area contributed by atoms with Gasteiger partial charge < -0.3 is 5.32 Å². The maximum Gasteiger partial charge on any atom is 0.252 e. The summed E-state index contributed by atoms with van der Waals surface area (Å²) in [4.78, 5) is 47.6. The number of amides is 3. The second kappa shape index (κ2) is 12.2. The normalized spacial score (nSPS) is 18.3. The third-order valence-corrected chi connectivity index (χ3v) is 7.44. The molecule has 2 aromatic carbocycles. The summed E-state index contributed by atoms with van der Waals surface area (Å²) in [5.41, 5.74) is 0.209. The fourth-order valence-corrected chi connectivity index (χ4v) is 5.43. The van der Waals surface area contributed by atoms with Crippen LogP contribution in [0.25, 0.3) is 0 Å². The Morgan fingerprint density at radius 1 is 1.14 bits per heavy atom. The first-order valence-electron chi connectivity index (χ1n) is 12.8. The molecule has 12 heteroatoms. The molecule has 1 saturated carbocycles. The zero-order valence-corrected chi connectivity index (χ0v) is 22.2. The van der Waals surface area contributed by atoms with E-state index in [4.69, 9.17) is 11.6 Å². The van der Waals surface area contributed by atoms with Crippen molar-refractivity contribution in [2.75, 3.05) is 9.80 Å². The van der Waals surface area contributed by atoms with E-state index in [0.29, 0.717) is 0 Å². The minimum absolute atomic E-state index is 0. The van der Waals surface area contributed by atoms with Gasteiger partial charge in [-0.15, -0.1) is 0 Å². The van der Waals surface area contributed by atoms with Crippen molar-refractivity contribution in [3.05, 3.63) is 88.8 Å². The van der Waals surface area contributed by atoms with Crippen LogP contribution in [-0.2, 0) is 14.4 Å². The van der Waals surface area contributed by atoms with E-state index in [2.05, 4.69) is 10.3 Å². The molecule has 0 unspecified atom stereocenters. The molecule has 2 atom stereocenters. The first-order valence-corrected chi connectivity index (χ1v) is 13.2. The maximum atomic E-state index is 14.5. The van der Waals surface area contributed by atoms with Gasteiger partial charge in [-0.2, -0.15) is 5.26 Å². The number of carbonyl (C=O) groups is 3. The van der Waals surface area contributed by atoms with Crippen LogP contribution < -0.4 is 15.1 Å². The first-order chi connectivity index (χ1) is 19.6. The average Bonchev–Trinajstić information content (AvgIpc) is 3.31. The number of carbonyl (C=O) groups excluding carboxylic acids is 3. The van der Waals surface area contributed by atoms with Gasteiger partial charge in [0.15, 0.2) is 5.82 Å². The Hall–Kier alpha value is -4.43. The van der Waals surface area contributed by atoms with Gasteiger partial charge in [-0.1, -0.05) is 43.3 Å². The minimum Gasteiger partial charge on any atom is -0.351 e. The Kier molecular flexibility index (Phi) is 8.87. The number of hydrogen-bond donors (Lipinski definition) is 1. The molecule has 218 valence electrons. The van der Waals surface area contributed by atoms with Crippen LogP contribution >= 0.6 is 11.6 Å². The van der Waals surface area contributed by atoms with E-state index in [1.165, 1.54) is 42.6 Å². The third-order valence-electron chi connectivity index (χ3n) is 7.10. The molecule has 5 rings (SSSR count). The fourth-order valence-electron chi connectivity index (χ4n) is 5.19. The van der Waals surface area contributed by atoms with Gasteiger partial charge in [-0.05, 0) is 42.8 Å². The highest BCUT2D eigenvalue weighted by atomic mass is 35.5. The molecule has 1 aliphatic carbocycles. The van der Waals surface area contributed by atoms with Crippen LogP contribution in [0.1, 0.15) is 50.3 Å². The van der Waals surface area contributed by atoms with Gasteiger partial charge in [0.25, 0.3) is 11.8 Å². The van der Waals surface area contributed by atoms with Crippen molar-refractivity contribution in [3.63, 3.8) is 0 Å². The van der Waals surface area contributed by atoms with Gasteiger partial charge in [0.05, 0.1) is 5.56 Å². The third kappa shape index (κ3) is 5.94. The molecule has 42 heavy (non-hydrogen) atoms. The number of hydrogen-bond acceptors (Lipinski definition) is 5. The summed E-state index contributed by atoms with van der Waals surface area (Å²) in [5.74, 6) is -5.67. The van der Waals surface area contributed by atoms with Gasteiger partial charge in [0.1, 0.15) is 24.0 Å². The molecular weight excluding hydrogens is 571 g/mol. The number of nitrogens with one attached hydrogen (secondary N) is 1. The van der Waals surface area contributed by atoms with Gasteiger partial charge >= 0.3 is 0 Å². The Balaban J connectivity index is 0.00000405. The number of alkyl halides is 2. The number of nitrogens with zero attached hydrogens (tertiary/aromatic N) is 4. The van der Waals surface area contributed by atoms with Crippen molar-refractivity contribution < 1.29 is 27.6 Å². The number of rotatable bonds is 7. The van der Waals surface area contributed by atoms with Crippen LogP contribution in [0.5, 0.6) is 0 Å². The van der Waals surface area contributed by atoms with Gasteiger partial charge in [0, 0.05) is 47.8 Å². The molecule has 2 heterocycles. The highest BCUT2D eigenvalue weighted by molar-refractivity contribution is 6.31. The van der Waals surface area contributed by atoms with Crippen molar-refractivity contribution in [2.24, 2.45) is 0 Å². The Morgan fingerprint density at radius 3 is 2.55 bits per heavy atom. The van der Waals surface area contributed by atoms with E-state index >= 15 is 0 Å². The monoisotopic (exact) mass is 597 g/mol. The van der Waals surface area contributed by atoms with E-state index in [-0.39, 0.29) is 47.9 Å². The van der Waals surface area contributed by atoms with Crippen LogP contribution in [0.2, 0.25) is 5.02 Å². The molecule has 3 aromatic rings. The summed E-state index contributed by atoms with van der Waals surface area (Å²) in [7, 11) is 0. The number of halogens is 4. The first kappa shape index (κ1) is 30.5. The Bertz CT molecular complexity index is 1550. The van der Waals surface area contributed by atoms with Gasteiger partial charge in [0.2, 0.25) is 11.8 Å². The maximum absolute atomic E-state index is 14.5. The van der Waals surface area contributed by atoms with Gasteiger partial charge in [-0.25, -0.2) is 18.2 Å². The second-order valence-corrected chi connectivity index (χ2v) is 10.3. The molecule has 0 spiro atoms. The van der Waals surface area contributed by atoms with E-state index in [1.54, 1.807) is 12.1 Å². The summed E-state index contributed by atoms with van der Waals surface area (Å²) < 4.78 is 41.7. The lowest BCUT2D eigenvalue weighted by Gasteiger charge is -2.39. The van der Waals surface area contributed by atoms with Crippen molar-refractivity contribution in [1.29, 1.82) is 5.26 Å². The van der Waals surface area contributed by atoms with Crippen LogP contribution in [0.3, 0.4) is 0 Å². The summed E-state index contributed by atoms with van der Waals surface area (Å²) in [6.45, 7) is 0. The predicted molar refractivity (Wildman–Crippen MR) is 150 cm³/mol. The molecule has 0 bridgehead atoms. The lowest BCUT2D eigenvalue weighted by molar-refractivity contribution is -0.133.